The Morgan fingerprint density at radius 3 is 2.65 bits per heavy atom. The lowest BCUT2D eigenvalue weighted by Gasteiger charge is -2.16. The van der Waals surface area contributed by atoms with Crippen molar-refractivity contribution in [3.8, 4) is 0 Å². The number of aldehydes is 1. The number of carbonyl (C=O) groups excluding carboxylic acids is 2. The molecule has 132 valence electrons. The molecule has 2 rings (SSSR count). The molecule has 1 aromatic rings. The fourth-order valence-corrected chi connectivity index (χ4v) is 2.24. The highest BCUT2D eigenvalue weighted by Crippen LogP contribution is 2.28. The number of alkyl carbamates (subject to hydrolysis) is 1. The van der Waals surface area contributed by atoms with E-state index in [1.807, 2.05) is 6.20 Å². The van der Waals surface area contributed by atoms with Crippen molar-refractivity contribution in [2.75, 3.05) is 27.2 Å². The Morgan fingerprint density at radius 1 is 1.61 bits per heavy atom. The van der Waals surface area contributed by atoms with Gasteiger partial charge >= 0.3 is 6.09 Å². The number of carbonyl (C=O) groups is 2. The Hall–Kier alpha value is -1.41. The van der Waals surface area contributed by atoms with Gasteiger partial charge in [-0.1, -0.05) is 20.3 Å². The molecule has 0 saturated carbocycles. The minimum Gasteiger partial charge on any atom is -0.453 e. The Balaban J connectivity index is 0.000000385. The predicted molar refractivity (Wildman–Crippen MR) is 93.3 cm³/mol. The van der Waals surface area contributed by atoms with Crippen LogP contribution in [0.15, 0.2) is 10.8 Å². The summed E-state index contributed by atoms with van der Waals surface area (Å²) in [6, 6.07) is 0.497. The second kappa shape index (κ2) is 13.1. The zero-order valence-electron chi connectivity index (χ0n) is 14.3. The minimum atomic E-state index is -0.586. The van der Waals surface area contributed by atoms with E-state index in [2.05, 4.69) is 61.7 Å². The highest BCUT2D eigenvalue weighted by molar-refractivity contribution is 9.10. The average molecular weight is 391 g/mol. The first kappa shape index (κ1) is 21.6. The van der Waals surface area contributed by atoms with Crippen LogP contribution >= 0.6 is 15.9 Å². The number of rotatable bonds is 3. The Labute approximate surface area is 146 Å². The monoisotopic (exact) mass is 390 g/mol. The van der Waals surface area contributed by atoms with Gasteiger partial charge in [0, 0.05) is 0 Å². The zero-order valence-corrected chi connectivity index (χ0v) is 15.9. The minimum absolute atomic E-state index is 0.00662. The third-order valence-electron chi connectivity index (χ3n) is 2.92. The van der Waals surface area contributed by atoms with Crippen molar-refractivity contribution in [1.29, 1.82) is 0 Å². The smallest absolute Gasteiger partial charge is 0.407 e. The second-order valence-electron chi connectivity index (χ2n) is 5.00. The van der Waals surface area contributed by atoms with Crippen molar-refractivity contribution < 1.29 is 14.3 Å². The molecule has 2 heterocycles. The zero-order chi connectivity index (χ0) is 17.7. The number of likely N-dealkylation sites (tertiary alicyclic amines) is 1. The second-order valence-corrected chi connectivity index (χ2v) is 5.86. The number of nitrogens with one attached hydrogen (secondary N) is 2. The lowest BCUT2D eigenvalue weighted by atomic mass is 10.2. The van der Waals surface area contributed by atoms with Gasteiger partial charge in [0.2, 0.25) is 0 Å². The SMILES string of the molecule is CCC.CN1CCCC1c1ncc(Br)[nH]1.COC(=O)NCC=O. The first-order chi connectivity index (χ1) is 11.0. The third kappa shape index (κ3) is 9.35. The van der Waals surface area contributed by atoms with Crippen LogP contribution in [0.4, 0.5) is 4.79 Å². The average Bonchev–Trinajstić information content (AvgIpc) is 3.14. The number of halogens is 1. The van der Waals surface area contributed by atoms with E-state index in [9.17, 15) is 9.59 Å². The Kier molecular flexibility index (Phi) is 12.3. The molecular formula is C15H27BrN4O3. The Bertz CT molecular complexity index is 454. The van der Waals surface area contributed by atoms with E-state index >= 15 is 0 Å². The van der Waals surface area contributed by atoms with Crippen LogP contribution in [-0.2, 0) is 9.53 Å². The number of hydrogen-bond acceptors (Lipinski definition) is 5. The van der Waals surface area contributed by atoms with E-state index in [0.717, 1.165) is 10.4 Å². The molecular weight excluding hydrogens is 364 g/mol. The number of methoxy groups -OCH3 is 1. The van der Waals surface area contributed by atoms with Gasteiger partial charge in [-0.25, -0.2) is 9.78 Å². The molecule has 7 nitrogen and oxygen atoms in total. The topological polar surface area (TPSA) is 87.3 Å². The van der Waals surface area contributed by atoms with Gasteiger partial charge in [-0.05, 0) is 42.4 Å². The highest BCUT2D eigenvalue weighted by atomic mass is 79.9. The summed E-state index contributed by atoms with van der Waals surface area (Å²) >= 11 is 3.36. The molecule has 0 bridgehead atoms. The van der Waals surface area contributed by atoms with Gasteiger partial charge < -0.3 is 19.8 Å². The number of nitrogens with zero attached hydrogens (tertiary/aromatic N) is 2. The molecule has 1 atom stereocenters. The number of H-pyrrole nitrogens is 1. The van der Waals surface area contributed by atoms with Gasteiger partial charge in [0.1, 0.15) is 16.7 Å². The van der Waals surface area contributed by atoms with Gasteiger partial charge in [-0.15, -0.1) is 0 Å². The lowest BCUT2D eigenvalue weighted by molar-refractivity contribution is -0.107. The molecule has 0 aromatic carbocycles. The van der Waals surface area contributed by atoms with Crippen molar-refractivity contribution in [3.05, 3.63) is 16.6 Å². The molecule has 1 unspecified atom stereocenters. The molecule has 0 spiro atoms. The van der Waals surface area contributed by atoms with Crippen LogP contribution in [0.3, 0.4) is 0 Å². The van der Waals surface area contributed by atoms with E-state index in [-0.39, 0.29) is 6.54 Å². The Morgan fingerprint density at radius 2 is 2.26 bits per heavy atom. The molecule has 1 fully saturated rings. The molecule has 1 saturated heterocycles. The summed E-state index contributed by atoms with van der Waals surface area (Å²) < 4.78 is 5.11. The van der Waals surface area contributed by atoms with E-state index in [0.29, 0.717) is 12.3 Å². The van der Waals surface area contributed by atoms with Crippen molar-refractivity contribution >= 4 is 28.3 Å². The van der Waals surface area contributed by atoms with Gasteiger partial charge in [0.15, 0.2) is 0 Å². The maximum Gasteiger partial charge on any atom is 0.407 e. The van der Waals surface area contributed by atoms with E-state index in [4.69, 9.17) is 0 Å². The van der Waals surface area contributed by atoms with Gasteiger partial charge in [0.05, 0.1) is 25.9 Å². The number of amides is 1. The number of ether oxygens (including phenoxy) is 1. The molecule has 1 aliphatic rings. The van der Waals surface area contributed by atoms with Crippen molar-refractivity contribution in [1.82, 2.24) is 20.2 Å². The third-order valence-corrected chi connectivity index (χ3v) is 3.32. The van der Waals surface area contributed by atoms with Crippen LogP contribution in [0.25, 0.3) is 0 Å². The van der Waals surface area contributed by atoms with Gasteiger partial charge in [0.25, 0.3) is 0 Å². The fourth-order valence-electron chi connectivity index (χ4n) is 1.94. The summed E-state index contributed by atoms with van der Waals surface area (Å²) in [5, 5.41) is 2.15. The number of aromatic nitrogens is 2. The normalized spacial score (nSPS) is 16.5. The van der Waals surface area contributed by atoms with Crippen LogP contribution in [0.1, 0.15) is 45.0 Å². The standard InChI is InChI=1S/C8H12BrN3.C4H7NO3.C3H8/c1-12-4-2-3-6(12)8-10-5-7(9)11-8;1-8-4(7)5-2-3-6;1-3-2/h5-6H,2-4H2,1H3,(H,10,11);3H,2H2,1H3,(H,5,7);3H2,1-2H3. The molecule has 1 aliphatic heterocycles. The van der Waals surface area contributed by atoms with Crippen LogP contribution in [0.2, 0.25) is 0 Å². The largest absolute Gasteiger partial charge is 0.453 e. The molecule has 0 aliphatic carbocycles. The van der Waals surface area contributed by atoms with Crippen molar-refractivity contribution in [2.45, 2.75) is 39.2 Å². The molecule has 1 amide bonds. The summed E-state index contributed by atoms with van der Waals surface area (Å²) in [6.45, 7) is 5.44. The first-order valence-corrected chi connectivity index (χ1v) is 8.45. The summed E-state index contributed by atoms with van der Waals surface area (Å²) in [4.78, 5) is 29.5. The maximum absolute atomic E-state index is 10.1. The molecule has 2 N–H and O–H groups in total. The van der Waals surface area contributed by atoms with Gasteiger partial charge in [-0.2, -0.15) is 0 Å². The first-order valence-electron chi connectivity index (χ1n) is 7.66. The van der Waals surface area contributed by atoms with E-state index in [1.165, 1.54) is 32.9 Å². The van der Waals surface area contributed by atoms with Crippen molar-refractivity contribution in [2.24, 2.45) is 0 Å². The van der Waals surface area contributed by atoms with Crippen LogP contribution in [0.5, 0.6) is 0 Å². The summed E-state index contributed by atoms with van der Waals surface area (Å²) in [5.74, 6) is 1.09. The van der Waals surface area contributed by atoms with Crippen LogP contribution in [-0.4, -0.2) is 54.5 Å². The number of imidazole rings is 1. The van der Waals surface area contributed by atoms with E-state index in [1.54, 1.807) is 0 Å². The van der Waals surface area contributed by atoms with E-state index < -0.39 is 6.09 Å². The predicted octanol–water partition coefficient (Wildman–Crippen LogP) is 2.90. The number of aromatic amines is 1. The van der Waals surface area contributed by atoms with Crippen LogP contribution in [0, 0.1) is 0 Å². The molecule has 23 heavy (non-hydrogen) atoms. The highest BCUT2D eigenvalue weighted by Gasteiger charge is 2.24. The molecule has 8 heteroatoms. The van der Waals surface area contributed by atoms with Crippen molar-refractivity contribution in [3.63, 3.8) is 0 Å². The van der Waals surface area contributed by atoms with Crippen LogP contribution < -0.4 is 5.32 Å². The quantitative estimate of drug-likeness (QED) is 0.774. The summed E-state index contributed by atoms with van der Waals surface area (Å²) in [5.41, 5.74) is 0. The van der Waals surface area contributed by atoms with Gasteiger partial charge in [-0.3, -0.25) is 4.90 Å². The maximum atomic E-state index is 10.1. The fraction of sp³-hybridized carbons (Fsp3) is 0.667. The lowest BCUT2D eigenvalue weighted by Crippen LogP contribution is -2.24. The molecule has 1 aromatic heterocycles. The summed E-state index contributed by atoms with van der Waals surface area (Å²) in [7, 11) is 3.38. The number of hydrogen-bond donors (Lipinski definition) is 2. The molecule has 0 radical (unpaired) electrons. The summed E-state index contributed by atoms with van der Waals surface area (Å²) in [6.07, 6.45) is 5.56.